The number of allylic oxidation sites excluding steroid dienone is 1. The molecule has 0 aliphatic carbocycles. The quantitative estimate of drug-likeness (QED) is 0.361. The minimum atomic E-state index is -4.67. The Morgan fingerprint density at radius 2 is 2.00 bits per heavy atom. The fourth-order valence-electron chi connectivity index (χ4n) is 1.95. The highest BCUT2D eigenvalue weighted by atomic mass is 19.4. The summed E-state index contributed by atoms with van der Waals surface area (Å²) in [4.78, 5) is 22.4. The van der Waals surface area contributed by atoms with Gasteiger partial charge in [0, 0.05) is 23.6 Å². The standard InChI is InChI=1S/C16H13F3O5/c1-2-3-14(20)23-7-6-22-10-4-5-11-12(16(17,18)19)9-15(21)24-13(11)8-10/h2-5,8-9H,6-7H2,1H3. The fourth-order valence-corrected chi connectivity index (χ4v) is 1.95. The SMILES string of the molecule is CC=CC(=O)OCCOc1ccc2c(C(F)(F)F)cc(=O)oc2c1. The van der Waals surface area contributed by atoms with Crippen molar-refractivity contribution in [1.82, 2.24) is 0 Å². The lowest BCUT2D eigenvalue weighted by Gasteiger charge is -2.10. The van der Waals surface area contributed by atoms with Crippen LogP contribution in [0.25, 0.3) is 11.0 Å². The Morgan fingerprint density at radius 3 is 2.67 bits per heavy atom. The minimum Gasteiger partial charge on any atom is -0.490 e. The molecule has 0 radical (unpaired) electrons. The van der Waals surface area contributed by atoms with Gasteiger partial charge < -0.3 is 13.9 Å². The van der Waals surface area contributed by atoms with E-state index in [1.54, 1.807) is 6.92 Å². The average Bonchev–Trinajstić information content (AvgIpc) is 2.49. The first-order valence-electron chi connectivity index (χ1n) is 6.88. The van der Waals surface area contributed by atoms with Gasteiger partial charge in [0.2, 0.25) is 0 Å². The lowest BCUT2D eigenvalue weighted by atomic mass is 10.1. The summed E-state index contributed by atoms with van der Waals surface area (Å²) >= 11 is 0. The number of fused-ring (bicyclic) bond motifs is 1. The monoisotopic (exact) mass is 342 g/mol. The normalized spacial score (nSPS) is 11.8. The first-order chi connectivity index (χ1) is 11.3. The lowest BCUT2D eigenvalue weighted by molar-refractivity contribution is -0.138. The Kier molecular flexibility index (Phi) is 5.28. The Balaban J connectivity index is 2.14. The molecule has 1 aromatic heterocycles. The molecular formula is C16H13F3O5. The molecule has 5 nitrogen and oxygen atoms in total. The molecule has 0 unspecified atom stereocenters. The summed E-state index contributed by atoms with van der Waals surface area (Å²) in [5.41, 5.74) is -2.41. The third-order valence-electron chi connectivity index (χ3n) is 2.92. The molecule has 0 amide bonds. The number of halogens is 3. The molecule has 24 heavy (non-hydrogen) atoms. The summed E-state index contributed by atoms with van der Waals surface area (Å²) in [6, 6.07) is 4.05. The molecule has 0 saturated heterocycles. The predicted molar refractivity (Wildman–Crippen MR) is 78.8 cm³/mol. The topological polar surface area (TPSA) is 65.7 Å². The summed E-state index contributed by atoms with van der Waals surface area (Å²) in [6.45, 7) is 1.63. The molecule has 2 rings (SSSR count). The second-order valence-corrected chi connectivity index (χ2v) is 4.65. The van der Waals surface area contributed by atoms with Crippen LogP contribution in [-0.2, 0) is 15.7 Å². The van der Waals surface area contributed by atoms with Crippen molar-refractivity contribution in [3.05, 3.63) is 52.4 Å². The number of hydrogen-bond acceptors (Lipinski definition) is 5. The van der Waals surface area contributed by atoms with Crippen LogP contribution in [0.4, 0.5) is 13.2 Å². The van der Waals surface area contributed by atoms with Gasteiger partial charge in [-0.05, 0) is 19.1 Å². The molecule has 0 aliphatic heterocycles. The van der Waals surface area contributed by atoms with Gasteiger partial charge in [0.25, 0.3) is 0 Å². The molecule has 2 aromatic rings. The van der Waals surface area contributed by atoms with Crippen molar-refractivity contribution in [2.45, 2.75) is 13.1 Å². The van der Waals surface area contributed by atoms with Crippen molar-refractivity contribution in [2.75, 3.05) is 13.2 Å². The van der Waals surface area contributed by atoms with E-state index in [4.69, 9.17) is 13.9 Å². The highest BCUT2D eigenvalue weighted by Crippen LogP contribution is 2.34. The van der Waals surface area contributed by atoms with E-state index in [0.29, 0.717) is 6.07 Å². The molecule has 1 heterocycles. The summed E-state index contributed by atoms with van der Waals surface area (Å²) in [7, 11) is 0. The van der Waals surface area contributed by atoms with E-state index in [9.17, 15) is 22.8 Å². The molecule has 1 aromatic carbocycles. The average molecular weight is 342 g/mol. The summed E-state index contributed by atoms with van der Waals surface area (Å²) in [6.07, 6.45) is -1.91. The maximum absolute atomic E-state index is 12.9. The number of hydrogen-bond donors (Lipinski definition) is 0. The second kappa shape index (κ2) is 7.20. The molecule has 128 valence electrons. The van der Waals surface area contributed by atoms with Gasteiger partial charge in [0.1, 0.15) is 24.5 Å². The lowest BCUT2D eigenvalue weighted by Crippen LogP contribution is -2.12. The second-order valence-electron chi connectivity index (χ2n) is 4.65. The van der Waals surface area contributed by atoms with Crippen molar-refractivity contribution in [3.8, 4) is 5.75 Å². The molecule has 0 aliphatic rings. The van der Waals surface area contributed by atoms with Crippen LogP contribution in [0.5, 0.6) is 5.75 Å². The highest BCUT2D eigenvalue weighted by Gasteiger charge is 2.33. The van der Waals surface area contributed by atoms with Crippen molar-refractivity contribution in [2.24, 2.45) is 0 Å². The molecule has 0 saturated carbocycles. The van der Waals surface area contributed by atoms with E-state index in [0.717, 1.165) is 6.07 Å². The van der Waals surface area contributed by atoms with E-state index in [1.165, 1.54) is 24.3 Å². The first kappa shape index (κ1) is 17.6. The van der Waals surface area contributed by atoms with Gasteiger partial charge >= 0.3 is 17.8 Å². The predicted octanol–water partition coefficient (Wildman–Crippen LogP) is 3.31. The van der Waals surface area contributed by atoms with Crippen molar-refractivity contribution in [3.63, 3.8) is 0 Å². The van der Waals surface area contributed by atoms with Crippen molar-refractivity contribution >= 4 is 16.9 Å². The van der Waals surface area contributed by atoms with Crippen LogP contribution >= 0.6 is 0 Å². The largest absolute Gasteiger partial charge is 0.490 e. The minimum absolute atomic E-state index is 0.00199. The van der Waals surface area contributed by atoms with Crippen LogP contribution in [0.3, 0.4) is 0 Å². The Labute approximate surface area is 134 Å². The third-order valence-corrected chi connectivity index (χ3v) is 2.92. The van der Waals surface area contributed by atoms with Gasteiger partial charge in [0.15, 0.2) is 0 Å². The molecule has 0 atom stereocenters. The zero-order valence-electron chi connectivity index (χ0n) is 12.6. The molecule has 0 fully saturated rings. The van der Waals surface area contributed by atoms with Crippen molar-refractivity contribution < 1.29 is 31.9 Å². The Morgan fingerprint density at radius 1 is 1.25 bits per heavy atom. The van der Waals surface area contributed by atoms with E-state index < -0.39 is 23.3 Å². The van der Waals surface area contributed by atoms with E-state index in [-0.39, 0.29) is 29.9 Å². The van der Waals surface area contributed by atoms with E-state index in [1.807, 2.05) is 0 Å². The van der Waals surface area contributed by atoms with Crippen LogP contribution in [-0.4, -0.2) is 19.2 Å². The number of carbonyl (C=O) groups excluding carboxylic acids is 1. The maximum atomic E-state index is 12.9. The number of benzene rings is 1. The summed E-state index contributed by atoms with van der Waals surface area (Å²) in [5, 5.41) is -0.242. The Hall–Kier alpha value is -2.77. The number of esters is 1. The summed E-state index contributed by atoms with van der Waals surface area (Å²) < 4.78 is 53.6. The molecule has 8 heteroatoms. The van der Waals surface area contributed by atoms with Crippen LogP contribution in [0.1, 0.15) is 12.5 Å². The molecule has 0 N–H and O–H groups in total. The van der Waals surface area contributed by atoms with Crippen LogP contribution in [0.2, 0.25) is 0 Å². The fraction of sp³-hybridized carbons (Fsp3) is 0.250. The smallest absolute Gasteiger partial charge is 0.417 e. The van der Waals surface area contributed by atoms with Crippen LogP contribution in [0, 0.1) is 0 Å². The maximum Gasteiger partial charge on any atom is 0.417 e. The van der Waals surface area contributed by atoms with Gasteiger partial charge in [-0.25, -0.2) is 9.59 Å². The van der Waals surface area contributed by atoms with Crippen LogP contribution in [0.15, 0.2) is 45.6 Å². The highest BCUT2D eigenvalue weighted by molar-refractivity contribution is 5.82. The van der Waals surface area contributed by atoms with Gasteiger partial charge in [0.05, 0.1) is 5.56 Å². The first-order valence-corrected chi connectivity index (χ1v) is 6.88. The number of carbonyl (C=O) groups is 1. The number of alkyl halides is 3. The zero-order valence-corrected chi connectivity index (χ0v) is 12.6. The van der Waals surface area contributed by atoms with E-state index >= 15 is 0 Å². The molecule has 0 spiro atoms. The molecular weight excluding hydrogens is 329 g/mol. The Bertz CT molecular complexity index is 821. The van der Waals surface area contributed by atoms with Crippen LogP contribution < -0.4 is 10.4 Å². The van der Waals surface area contributed by atoms with Gasteiger partial charge in [-0.2, -0.15) is 13.2 Å². The van der Waals surface area contributed by atoms with Gasteiger partial charge in [-0.3, -0.25) is 0 Å². The summed E-state index contributed by atoms with van der Waals surface area (Å²) in [5.74, 6) is -0.340. The third kappa shape index (κ3) is 4.37. The van der Waals surface area contributed by atoms with Crippen molar-refractivity contribution in [1.29, 1.82) is 0 Å². The zero-order chi connectivity index (χ0) is 17.7. The number of rotatable bonds is 5. The molecule has 0 bridgehead atoms. The van der Waals surface area contributed by atoms with Gasteiger partial charge in [-0.15, -0.1) is 0 Å². The van der Waals surface area contributed by atoms with E-state index in [2.05, 4.69) is 0 Å². The van der Waals surface area contributed by atoms with Gasteiger partial charge in [-0.1, -0.05) is 6.08 Å². The number of ether oxygens (including phenoxy) is 2.